The number of Topliss-reactive ketones (excluding diaryl/α,β-unsaturated/α-hetero) is 1. The van der Waals surface area contributed by atoms with E-state index in [9.17, 15) is 4.79 Å². The molecule has 1 spiro atoms. The molecular formula is C15H19NO2. The molecule has 0 aliphatic carbocycles. The first kappa shape index (κ1) is 11.7. The topological polar surface area (TPSA) is 38.3 Å². The second-order valence-corrected chi connectivity index (χ2v) is 5.41. The highest BCUT2D eigenvalue weighted by Crippen LogP contribution is 2.38. The van der Waals surface area contributed by atoms with E-state index in [1.54, 1.807) is 6.92 Å². The fourth-order valence-electron chi connectivity index (χ4n) is 2.96. The van der Waals surface area contributed by atoms with E-state index >= 15 is 0 Å². The van der Waals surface area contributed by atoms with E-state index in [0.29, 0.717) is 0 Å². The predicted octanol–water partition coefficient (Wildman–Crippen LogP) is 2.34. The normalized spacial score (nSPS) is 21.2. The Bertz CT molecular complexity index is 475. The van der Waals surface area contributed by atoms with Gasteiger partial charge in [-0.15, -0.1) is 0 Å². The maximum absolute atomic E-state index is 11.4. The highest BCUT2D eigenvalue weighted by Gasteiger charge is 2.37. The Morgan fingerprint density at radius 3 is 2.78 bits per heavy atom. The number of aryl methyl sites for hydroxylation is 1. The number of hydrogen-bond acceptors (Lipinski definition) is 3. The number of benzene rings is 1. The van der Waals surface area contributed by atoms with Crippen molar-refractivity contribution in [2.75, 3.05) is 13.1 Å². The van der Waals surface area contributed by atoms with E-state index in [2.05, 4.69) is 5.32 Å². The summed E-state index contributed by atoms with van der Waals surface area (Å²) >= 11 is 0. The van der Waals surface area contributed by atoms with E-state index in [1.165, 1.54) is 5.56 Å². The van der Waals surface area contributed by atoms with E-state index < -0.39 is 0 Å². The summed E-state index contributed by atoms with van der Waals surface area (Å²) in [5, 5.41) is 3.38. The first-order valence-electron chi connectivity index (χ1n) is 6.72. The van der Waals surface area contributed by atoms with Gasteiger partial charge in [-0.05, 0) is 57.3 Å². The van der Waals surface area contributed by atoms with Crippen molar-refractivity contribution >= 4 is 5.78 Å². The monoisotopic (exact) mass is 245 g/mol. The van der Waals surface area contributed by atoms with Gasteiger partial charge in [-0.25, -0.2) is 0 Å². The fraction of sp³-hybridized carbons (Fsp3) is 0.533. The third-order valence-electron chi connectivity index (χ3n) is 4.16. The van der Waals surface area contributed by atoms with Gasteiger partial charge in [-0.2, -0.15) is 0 Å². The molecule has 1 saturated heterocycles. The quantitative estimate of drug-likeness (QED) is 0.772. The smallest absolute Gasteiger partial charge is 0.159 e. The van der Waals surface area contributed by atoms with Crippen LogP contribution in [0, 0.1) is 0 Å². The maximum atomic E-state index is 11.4. The van der Waals surface area contributed by atoms with Gasteiger partial charge in [-0.1, -0.05) is 12.1 Å². The summed E-state index contributed by atoms with van der Waals surface area (Å²) in [5.41, 5.74) is 2.00. The largest absolute Gasteiger partial charge is 0.487 e. The van der Waals surface area contributed by atoms with Crippen LogP contribution >= 0.6 is 0 Å². The molecule has 3 nitrogen and oxygen atoms in total. The minimum Gasteiger partial charge on any atom is -0.487 e. The Kier molecular flexibility index (Phi) is 2.86. The number of piperidine rings is 1. The van der Waals surface area contributed by atoms with Crippen LogP contribution in [-0.2, 0) is 6.42 Å². The van der Waals surface area contributed by atoms with Gasteiger partial charge in [0.2, 0.25) is 0 Å². The highest BCUT2D eigenvalue weighted by atomic mass is 16.5. The molecule has 2 heterocycles. The van der Waals surface area contributed by atoms with Crippen LogP contribution in [0.25, 0.3) is 0 Å². The van der Waals surface area contributed by atoms with Crippen molar-refractivity contribution in [1.29, 1.82) is 0 Å². The Morgan fingerprint density at radius 1 is 1.28 bits per heavy atom. The third kappa shape index (κ3) is 2.03. The third-order valence-corrected chi connectivity index (χ3v) is 4.16. The van der Waals surface area contributed by atoms with Crippen molar-refractivity contribution in [3.8, 4) is 5.75 Å². The van der Waals surface area contributed by atoms with Gasteiger partial charge in [-0.3, -0.25) is 4.79 Å². The minimum absolute atomic E-state index is 0.00760. The number of carbonyl (C=O) groups excluding carboxylic acids is 1. The Labute approximate surface area is 108 Å². The van der Waals surface area contributed by atoms with Gasteiger partial charge in [0.25, 0.3) is 0 Å². The molecule has 1 N–H and O–H groups in total. The van der Waals surface area contributed by atoms with Crippen molar-refractivity contribution in [2.45, 2.75) is 38.2 Å². The summed E-state index contributed by atoms with van der Waals surface area (Å²) in [7, 11) is 0. The molecule has 2 aliphatic heterocycles. The lowest BCUT2D eigenvalue weighted by atomic mass is 9.83. The second kappa shape index (κ2) is 4.39. The number of nitrogens with one attached hydrogen (secondary N) is 1. The molecule has 1 aromatic carbocycles. The van der Waals surface area contributed by atoms with Crippen LogP contribution in [0.4, 0.5) is 0 Å². The van der Waals surface area contributed by atoms with E-state index in [1.807, 2.05) is 18.2 Å². The van der Waals surface area contributed by atoms with E-state index in [0.717, 1.165) is 50.1 Å². The van der Waals surface area contributed by atoms with Gasteiger partial charge >= 0.3 is 0 Å². The summed E-state index contributed by atoms with van der Waals surface area (Å²) in [6.45, 7) is 3.66. The van der Waals surface area contributed by atoms with Crippen LogP contribution in [0.2, 0.25) is 0 Å². The lowest BCUT2D eigenvalue weighted by molar-refractivity contribution is 0.0169. The van der Waals surface area contributed by atoms with Crippen LogP contribution < -0.4 is 10.1 Å². The Balaban J connectivity index is 1.90. The van der Waals surface area contributed by atoms with Gasteiger partial charge < -0.3 is 10.1 Å². The maximum Gasteiger partial charge on any atom is 0.159 e. The number of carbonyl (C=O) groups is 1. The molecule has 96 valence electrons. The van der Waals surface area contributed by atoms with Crippen LogP contribution in [-0.4, -0.2) is 24.5 Å². The molecule has 3 rings (SSSR count). The Hall–Kier alpha value is -1.35. The molecule has 0 bridgehead atoms. The van der Waals surface area contributed by atoms with Crippen LogP contribution in [0.15, 0.2) is 18.2 Å². The molecule has 0 unspecified atom stereocenters. The SMILES string of the molecule is CC(=O)c1ccc2c(c1)OC1(CCNCC1)CC2. The lowest BCUT2D eigenvalue weighted by Gasteiger charge is -2.41. The predicted molar refractivity (Wildman–Crippen MR) is 70.2 cm³/mol. The fourth-order valence-corrected chi connectivity index (χ4v) is 2.96. The summed E-state index contributed by atoms with van der Waals surface area (Å²) in [4.78, 5) is 11.4. The molecule has 1 aromatic rings. The number of ether oxygens (including phenoxy) is 1. The van der Waals surface area contributed by atoms with Gasteiger partial charge in [0.15, 0.2) is 5.78 Å². The molecule has 0 aromatic heterocycles. The first-order chi connectivity index (χ1) is 8.69. The lowest BCUT2D eigenvalue weighted by Crippen LogP contribution is -2.48. The molecule has 2 aliphatic rings. The van der Waals surface area contributed by atoms with E-state index in [4.69, 9.17) is 4.74 Å². The molecule has 3 heteroatoms. The number of rotatable bonds is 1. The van der Waals surface area contributed by atoms with E-state index in [-0.39, 0.29) is 11.4 Å². The second-order valence-electron chi connectivity index (χ2n) is 5.41. The zero-order valence-electron chi connectivity index (χ0n) is 10.8. The summed E-state index contributed by atoms with van der Waals surface area (Å²) in [6.07, 6.45) is 4.29. The number of ketones is 1. The zero-order chi connectivity index (χ0) is 12.6. The van der Waals surface area contributed by atoms with Crippen molar-refractivity contribution in [3.05, 3.63) is 29.3 Å². The molecular weight excluding hydrogens is 226 g/mol. The van der Waals surface area contributed by atoms with Crippen LogP contribution in [0.1, 0.15) is 42.1 Å². The van der Waals surface area contributed by atoms with Crippen molar-refractivity contribution in [3.63, 3.8) is 0 Å². The standard InChI is InChI=1S/C15H19NO2/c1-11(17)13-3-2-12-4-5-15(18-14(12)10-13)6-8-16-9-7-15/h2-3,10,16H,4-9H2,1H3. The molecule has 18 heavy (non-hydrogen) atoms. The average Bonchev–Trinajstić information content (AvgIpc) is 2.38. The minimum atomic E-state index is 0.00760. The summed E-state index contributed by atoms with van der Waals surface area (Å²) < 4.78 is 6.26. The molecule has 0 atom stereocenters. The van der Waals surface area contributed by atoms with Crippen molar-refractivity contribution in [1.82, 2.24) is 5.32 Å². The zero-order valence-corrected chi connectivity index (χ0v) is 10.8. The van der Waals surface area contributed by atoms with Gasteiger partial charge in [0.05, 0.1) is 0 Å². The number of fused-ring (bicyclic) bond motifs is 1. The molecule has 0 saturated carbocycles. The van der Waals surface area contributed by atoms with Crippen LogP contribution in [0.3, 0.4) is 0 Å². The molecule has 1 fully saturated rings. The van der Waals surface area contributed by atoms with Crippen LogP contribution in [0.5, 0.6) is 5.75 Å². The molecule has 0 radical (unpaired) electrons. The first-order valence-corrected chi connectivity index (χ1v) is 6.72. The van der Waals surface area contributed by atoms with Crippen molar-refractivity contribution in [2.24, 2.45) is 0 Å². The summed E-state index contributed by atoms with van der Waals surface area (Å²) in [5.74, 6) is 1.03. The van der Waals surface area contributed by atoms with Crippen molar-refractivity contribution < 1.29 is 9.53 Å². The Morgan fingerprint density at radius 2 is 2.06 bits per heavy atom. The average molecular weight is 245 g/mol. The highest BCUT2D eigenvalue weighted by molar-refractivity contribution is 5.94. The number of hydrogen-bond donors (Lipinski definition) is 1. The molecule has 0 amide bonds. The summed E-state index contributed by atoms with van der Waals surface area (Å²) in [6, 6.07) is 5.87. The van der Waals surface area contributed by atoms with Gasteiger partial charge in [0, 0.05) is 5.56 Å². The van der Waals surface area contributed by atoms with Gasteiger partial charge in [0.1, 0.15) is 11.4 Å².